The number of halogens is 1. The van der Waals surface area contributed by atoms with Gasteiger partial charge in [0.25, 0.3) is 5.91 Å². The zero-order chi connectivity index (χ0) is 18.9. The monoisotopic (exact) mass is 382 g/mol. The van der Waals surface area contributed by atoms with Gasteiger partial charge in [-0.05, 0) is 25.5 Å². The lowest BCUT2D eigenvalue weighted by atomic mass is 9.99. The summed E-state index contributed by atoms with van der Waals surface area (Å²) in [5.74, 6) is -0.570. The van der Waals surface area contributed by atoms with Gasteiger partial charge in [0.15, 0.2) is 6.79 Å². The predicted octanol–water partition coefficient (Wildman–Crippen LogP) is 1.97. The van der Waals surface area contributed by atoms with E-state index >= 15 is 0 Å². The highest BCUT2D eigenvalue weighted by Crippen LogP contribution is 2.32. The Morgan fingerprint density at radius 1 is 1.42 bits per heavy atom. The van der Waals surface area contributed by atoms with E-state index in [1.54, 1.807) is 26.0 Å². The number of benzene rings is 1. The SMILES string of the molecule is CC[C@@]1(C)NC(=O)N(CC(=O)OCc2cc(Cl)cc3c2OCOC3)C1=O. The summed E-state index contributed by atoms with van der Waals surface area (Å²) >= 11 is 6.06. The van der Waals surface area contributed by atoms with Gasteiger partial charge in [0.1, 0.15) is 24.4 Å². The Labute approximate surface area is 155 Å². The van der Waals surface area contributed by atoms with Gasteiger partial charge in [-0.25, -0.2) is 4.79 Å². The first-order chi connectivity index (χ1) is 12.3. The minimum absolute atomic E-state index is 0.0869. The van der Waals surface area contributed by atoms with Crippen molar-refractivity contribution in [3.63, 3.8) is 0 Å². The van der Waals surface area contributed by atoms with E-state index in [0.717, 1.165) is 10.5 Å². The van der Waals surface area contributed by atoms with Crippen LogP contribution in [-0.4, -0.2) is 41.7 Å². The van der Waals surface area contributed by atoms with Gasteiger partial charge >= 0.3 is 12.0 Å². The number of nitrogens with one attached hydrogen (secondary N) is 1. The third-order valence-corrected chi connectivity index (χ3v) is 4.70. The minimum Gasteiger partial charge on any atom is -0.467 e. The van der Waals surface area contributed by atoms with Crippen LogP contribution in [0.4, 0.5) is 4.79 Å². The fraction of sp³-hybridized carbons (Fsp3) is 0.471. The van der Waals surface area contributed by atoms with Crippen LogP contribution < -0.4 is 10.1 Å². The average molecular weight is 383 g/mol. The van der Waals surface area contributed by atoms with Crippen molar-refractivity contribution in [3.8, 4) is 5.75 Å². The van der Waals surface area contributed by atoms with Crippen molar-refractivity contribution < 1.29 is 28.6 Å². The van der Waals surface area contributed by atoms with E-state index in [2.05, 4.69) is 5.32 Å². The van der Waals surface area contributed by atoms with E-state index in [9.17, 15) is 14.4 Å². The number of carbonyl (C=O) groups is 3. The maximum absolute atomic E-state index is 12.3. The van der Waals surface area contributed by atoms with E-state index < -0.39 is 30.0 Å². The molecule has 0 saturated carbocycles. The number of urea groups is 1. The van der Waals surface area contributed by atoms with Crippen molar-refractivity contribution in [2.24, 2.45) is 0 Å². The smallest absolute Gasteiger partial charge is 0.326 e. The second-order valence-electron chi connectivity index (χ2n) is 6.33. The van der Waals surface area contributed by atoms with E-state index in [-0.39, 0.29) is 13.4 Å². The molecule has 0 spiro atoms. The molecule has 1 N–H and O–H groups in total. The zero-order valence-electron chi connectivity index (χ0n) is 14.5. The number of fused-ring (bicyclic) bond motifs is 1. The summed E-state index contributed by atoms with van der Waals surface area (Å²) in [5, 5.41) is 3.05. The lowest BCUT2D eigenvalue weighted by Crippen LogP contribution is -2.43. The van der Waals surface area contributed by atoms with Crippen LogP contribution >= 0.6 is 11.6 Å². The maximum Gasteiger partial charge on any atom is 0.326 e. The standard InChI is InChI=1S/C17H19ClN2O6/c1-3-17(2)15(22)20(16(23)19-17)6-13(21)25-8-11-5-12(18)4-10-7-24-9-26-14(10)11/h4-5H,3,6-9H2,1-2H3,(H,19,23)/t17-/m1/s1. The fourth-order valence-electron chi connectivity index (χ4n) is 2.83. The molecule has 2 aliphatic heterocycles. The van der Waals surface area contributed by atoms with Crippen LogP contribution in [0, 0.1) is 0 Å². The molecule has 9 heteroatoms. The highest BCUT2D eigenvalue weighted by Gasteiger charge is 2.47. The van der Waals surface area contributed by atoms with Crippen LogP contribution in [0.15, 0.2) is 12.1 Å². The molecule has 3 amide bonds. The van der Waals surface area contributed by atoms with E-state index in [1.807, 2.05) is 0 Å². The highest BCUT2D eigenvalue weighted by atomic mass is 35.5. The molecule has 1 saturated heterocycles. The molecule has 0 radical (unpaired) electrons. The molecule has 26 heavy (non-hydrogen) atoms. The van der Waals surface area contributed by atoms with Gasteiger partial charge in [-0.15, -0.1) is 0 Å². The summed E-state index contributed by atoms with van der Waals surface area (Å²) in [5.41, 5.74) is 0.374. The lowest BCUT2D eigenvalue weighted by Gasteiger charge is -2.21. The zero-order valence-corrected chi connectivity index (χ0v) is 15.2. The predicted molar refractivity (Wildman–Crippen MR) is 90.5 cm³/mol. The molecular weight excluding hydrogens is 364 g/mol. The van der Waals surface area contributed by atoms with Gasteiger partial charge in [-0.2, -0.15) is 0 Å². The van der Waals surface area contributed by atoms with Crippen LogP contribution in [0.1, 0.15) is 31.4 Å². The average Bonchev–Trinajstić information content (AvgIpc) is 2.83. The van der Waals surface area contributed by atoms with Crippen LogP contribution in [0.3, 0.4) is 0 Å². The Bertz CT molecular complexity index is 768. The van der Waals surface area contributed by atoms with Crippen LogP contribution in [-0.2, 0) is 32.3 Å². The highest BCUT2D eigenvalue weighted by molar-refractivity contribution is 6.30. The summed E-state index contributed by atoms with van der Waals surface area (Å²) < 4.78 is 15.9. The molecule has 0 aliphatic carbocycles. The van der Waals surface area contributed by atoms with E-state index in [1.165, 1.54) is 0 Å². The van der Waals surface area contributed by atoms with Crippen molar-refractivity contribution in [3.05, 3.63) is 28.3 Å². The Balaban J connectivity index is 1.64. The third-order valence-electron chi connectivity index (χ3n) is 4.48. The lowest BCUT2D eigenvalue weighted by molar-refractivity contribution is -0.148. The molecule has 1 fully saturated rings. The molecule has 1 aromatic rings. The van der Waals surface area contributed by atoms with Crippen molar-refractivity contribution in [2.75, 3.05) is 13.3 Å². The van der Waals surface area contributed by atoms with Crippen LogP contribution in [0.2, 0.25) is 5.02 Å². The van der Waals surface area contributed by atoms with Gasteiger partial charge in [0, 0.05) is 16.1 Å². The van der Waals surface area contributed by atoms with Crippen LogP contribution in [0.5, 0.6) is 5.75 Å². The Kier molecular flexibility index (Phi) is 5.06. The normalized spacial score (nSPS) is 21.9. The number of ether oxygens (including phenoxy) is 3. The molecule has 0 unspecified atom stereocenters. The molecule has 2 aliphatic rings. The largest absolute Gasteiger partial charge is 0.467 e. The van der Waals surface area contributed by atoms with E-state index in [0.29, 0.717) is 29.4 Å². The van der Waals surface area contributed by atoms with Gasteiger partial charge in [-0.3, -0.25) is 14.5 Å². The molecule has 0 aromatic heterocycles. The first kappa shape index (κ1) is 18.5. The molecule has 2 heterocycles. The maximum atomic E-state index is 12.3. The van der Waals surface area contributed by atoms with Crippen molar-refractivity contribution >= 4 is 29.5 Å². The molecule has 1 aromatic carbocycles. The van der Waals surface area contributed by atoms with Gasteiger partial charge in [-0.1, -0.05) is 18.5 Å². The second-order valence-corrected chi connectivity index (χ2v) is 6.77. The Morgan fingerprint density at radius 3 is 2.88 bits per heavy atom. The molecule has 140 valence electrons. The fourth-order valence-corrected chi connectivity index (χ4v) is 3.09. The number of esters is 1. The summed E-state index contributed by atoms with van der Waals surface area (Å²) in [6.07, 6.45) is 0.428. The number of nitrogens with zero attached hydrogens (tertiary/aromatic N) is 1. The summed E-state index contributed by atoms with van der Waals surface area (Å²) in [7, 11) is 0. The first-order valence-electron chi connectivity index (χ1n) is 8.15. The van der Waals surface area contributed by atoms with Gasteiger partial charge in [0.05, 0.1) is 6.61 Å². The quantitative estimate of drug-likeness (QED) is 0.618. The molecule has 0 bridgehead atoms. The topological polar surface area (TPSA) is 94.2 Å². The van der Waals surface area contributed by atoms with E-state index in [4.69, 9.17) is 25.8 Å². The van der Waals surface area contributed by atoms with Crippen molar-refractivity contribution in [1.29, 1.82) is 0 Å². The van der Waals surface area contributed by atoms with Gasteiger partial charge < -0.3 is 19.5 Å². The van der Waals surface area contributed by atoms with Crippen LogP contribution in [0.25, 0.3) is 0 Å². The Morgan fingerprint density at radius 2 is 2.19 bits per heavy atom. The summed E-state index contributed by atoms with van der Waals surface area (Å²) in [4.78, 5) is 37.2. The van der Waals surface area contributed by atoms with Gasteiger partial charge in [0.2, 0.25) is 0 Å². The summed E-state index contributed by atoms with van der Waals surface area (Å²) in [6.45, 7) is 3.33. The third kappa shape index (κ3) is 3.47. The number of rotatable bonds is 5. The van der Waals surface area contributed by atoms with Crippen molar-refractivity contribution in [1.82, 2.24) is 10.2 Å². The summed E-state index contributed by atoms with van der Waals surface area (Å²) in [6, 6.07) is 2.76. The number of hydrogen-bond acceptors (Lipinski definition) is 6. The Hall–Kier alpha value is -2.32. The number of carbonyl (C=O) groups excluding carboxylic acids is 3. The first-order valence-corrected chi connectivity index (χ1v) is 8.53. The molecule has 1 atom stereocenters. The number of imide groups is 1. The minimum atomic E-state index is -0.989. The number of amides is 3. The molecule has 8 nitrogen and oxygen atoms in total. The van der Waals surface area contributed by atoms with Crippen molar-refractivity contribution in [2.45, 2.75) is 39.0 Å². The molecular formula is C17H19ClN2O6. The number of hydrogen-bond donors (Lipinski definition) is 1. The molecule has 3 rings (SSSR count). The second kappa shape index (κ2) is 7.13.